The number of nitrogens with zero attached hydrogens (tertiary/aromatic N) is 3. The van der Waals surface area contributed by atoms with Crippen LogP contribution < -0.4 is 4.90 Å². The van der Waals surface area contributed by atoms with E-state index in [4.69, 9.17) is 9.47 Å². The first-order chi connectivity index (χ1) is 10.4. The van der Waals surface area contributed by atoms with Gasteiger partial charge in [0.05, 0.1) is 12.8 Å². The van der Waals surface area contributed by atoms with Gasteiger partial charge < -0.3 is 14.6 Å². The second kappa shape index (κ2) is 6.91. The zero-order chi connectivity index (χ0) is 17.8. The highest BCUT2D eigenvalue weighted by Gasteiger charge is 2.33. The van der Waals surface area contributed by atoms with Crippen LogP contribution in [0.15, 0.2) is 12.3 Å². The van der Waals surface area contributed by atoms with Crippen molar-refractivity contribution in [1.82, 2.24) is 10.2 Å². The van der Waals surface area contributed by atoms with Gasteiger partial charge in [0.25, 0.3) is 0 Å². The molecule has 0 aliphatic rings. The standard InChI is InChI=1S/C15H23N3O5/c1-14(2,3)22-12(20)18(13(21)23-15(4,5)6)11-7-10(9-19)8-16-17-11/h7-8,19H,9H2,1-6H3. The van der Waals surface area contributed by atoms with Crippen molar-refractivity contribution in [3.8, 4) is 0 Å². The van der Waals surface area contributed by atoms with Crippen molar-refractivity contribution in [3.63, 3.8) is 0 Å². The SMILES string of the molecule is CC(C)(C)OC(=O)N(C(=O)OC(C)(C)C)c1cc(CO)cnn1. The third-order valence-electron chi connectivity index (χ3n) is 2.26. The minimum Gasteiger partial charge on any atom is -0.443 e. The summed E-state index contributed by atoms with van der Waals surface area (Å²) < 4.78 is 10.4. The van der Waals surface area contributed by atoms with Crippen LogP contribution in [0.1, 0.15) is 47.1 Å². The maximum atomic E-state index is 12.4. The predicted molar refractivity (Wildman–Crippen MR) is 82.9 cm³/mol. The maximum Gasteiger partial charge on any atom is 0.425 e. The average Bonchev–Trinajstić information content (AvgIpc) is 2.34. The molecule has 23 heavy (non-hydrogen) atoms. The lowest BCUT2D eigenvalue weighted by Gasteiger charge is -2.27. The van der Waals surface area contributed by atoms with E-state index in [1.165, 1.54) is 12.3 Å². The van der Waals surface area contributed by atoms with Gasteiger partial charge in [-0.15, -0.1) is 5.10 Å². The normalized spacial score (nSPS) is 11.8. The molecule has 0 unspecified atom stereocenters. The van der Waals surface area contributed by atoms with Crippen molar-refractivity contribution in [1.29, 1.82) is 0 Å². The molecule has 1 N–H and O–H groups in total. The molecule has 128 valence electrons. The van der Waals surface area contributed by atoms with Gasteiger partial charge in [0.1, 0.15) is 11.2 Å². The molecule has 1 heterocycles. The first-order valence-electron chi connectivity index (χ1n) is 7.11. The Morgan fingerprint density at radius 1 is 1.09 bits per heavy atom. The molecule has 0 aliphatic heterocycles. The summed E-state index contributed by atoms with van der Waals surface area (Å²) in [7, 11) is 0. The minimum absolute atomic E-state index is 0.0833. The zero-order valence-electron chi connectivity index (χ0n) is 14.3. The van der Waals surface area contributed by atoms with E-state index >= 15 is 0 Å². The Kier molecular flexibility index (Phi) is 5.65. The Bertz CT molecular complexity index is 547. The lowest BCUT2D eigenvalue weighted by atomic mass is 10.2. The molecular weight excluding hydrogens is 302 g/mol. The summed E-state index contributed by atoms with van der Waals surface area (Å²) in [6.45, 7) is 9.74. The first-order valence-corrected chi connectivity index (χ1v) is 7.11. The van der Waals surface area contributed by atoms with Crippen molar-refractivity contribution in [3.05, 3.63) is 17.8 Å². The summed E-state index contributed by atoms with van der Waals surface area (Å²) in [5, 5.41) is 16.6. The number of aliphatic hydroxyl groups is 1. The number of carbonyl (C=O) groups excluding carboxylic acids is 2. The summed E-state index contributed by atoms with van der Waals surface area (Å²) in [6.07, 6.45) is -0.543. The molecule has 0 saturated carbocycles. The Hall–Kier alpha value is -2.22. The molecular formula is C15H23N3O5. The van der Waals surface area contributed by atoms with Gasteiger partial charge in [0, 0.05) is 5.56 Å². The van der Waals surface area contributed by atoms with Crippen LogP contribution in [0.2, 0.25) is 0 Å². The van der Waals surface area contributed by atoms with Crippen molar-refractivity contribution >= 4 is 18.0 Å². The van der Waals surface area contributed by atoms with Gasteiger partial charge in [-0.05, 0) is 47.6 Å². The monoisotopic (exact) mass is 325 g/mol. The molecule has 1 aromatic rings. The molecule has 0 fully saturated rings. The maximum absolute atomic E-state index is 12.4. The molecule has 1 rings (SSSR count). The molecule has 0 aliphatic carbocycles. The van der Waals surface area contributed by atoms with Crippen LogP contribution in [0.5, 0.6) is 0 Å². The van der Waals surface area contributed by atoms with E-state index in [9.17, 15) is 14.7 Å². The van der Waals surface area contributed by atoms with E-state index in [1.54, 1.807) is 41.5 Å². The highest BCUT2D eigenvalue weighted by atomic mass is 16.6. The second-order valence-corrected chi connectivity index (χ2v) is 6.88. The number of aromatic nitrogens is 2. The molecule has 0 atom stereocenters. The van der Waals surface area contributed by atoms with Crippen molar-refractivity contribution in [2.75, 3.05) is 4.90 Å². The minimum atomic E-state index is -0.934. The van der Waals surface area contributed by atoms with Crippen molar-refractivity contribution in [2.24, 2.45) is 0 Å². The number of aliphatic hydroxyl groups excluding tert-OH is 1. The lowest BCUT2D eigenvalue weighted by Crippen LogP contribution is -2.44. The fraction of sp³-hybridized carbons (Fsp3) is 0.600. The van der Waals surface area contributed by atoms with Crippen LogP contribution in [0.4, 0.5) is 15.4 Å². The van der Waals surface area contributed by atoms with Crippen molar-refractivity contribution < 1.29 is 24.2 Å². The Morgan fingerprint density at radius 3 is 1.96 bits per heavy atom. The molecule has 1 aromatic heterocycles. The van der Waals surface area contributed by atoms with E-state index in [-0.39, 0.29) is 12.4 Å². The quantitative estimate of drug-likeness (QED) is 0.891. The molecule has 8 heteroatoms. The van der Waals surface area contributed by atoms with E-state index in [0.717, 1.165) is 0 Å². The summed E-state index contributed by atoms with van der Waals surface area (Å²) >= 11 is 0. The number of anilines is 1. The summed E-state index contributed by atoms with van der Waals surface area (Å²) in [6, 6.07) is 1.36. The van der Waals surface area contributed by atoms with Gasteiger partial charge in [-0.2, -0.15) is 10.00 Å². The van der Waals surface area contributed by atoms with Crippen LogP contribution in [0, 0.1) is 0 Å². The number of hydrogen-bond donors (Lipinski definition) is 1. The van der Waals surface area contributed by atoms with Crippen molar-refractivity contribution in [2.45, 2.75) is 59.4 Å². The molecule has 0 bridgehead atoms. The summed E-state index contributed by atoms with van der Waals surface area (Å²) in [5.74, 6) is -0.0833. The van der Waals surface area contributed by atoms with Crippen LogP contribution in [-0.2, 0) is 16.1 Å². The number of imide groups is 1. The predicted octanol–water partition coefficient (Wildman–Crippen LogP) is 2.65. The fourth-order valence-electron chi connectivity index (χ4n) is 1.47. The fourth-order valence-corrected chi connectivity index (χ4v) is 1.47. The topological polar surface area (TPSA) is 102 Å². The Labute approximate surface area is 135 Å². The van der Waals surface area contributed by atoms with Crippen LogP contribution in [-0.4, -0.2) is 38.7 Å². The number of carbonyl (C=O) groups is 2. The highest BCUT2D eigenvalue weighted by molar-refractivity contribution is 6.08. The third-order valence-corrected chi connectivity index (χ3v) is 2.26. The average molecular weight is 325 g/mol. The van der Waals surface area contributed by atoms with E-state index in [0.29, 0.717) is 10.5 Å². The van der Waals surface area contributed by atoms with Crippen LogP contribution >= 0.6 is 0 Å². The van der Waals surface area contributed by atoms with E-state index in [1.807, 2.05) is 0 Å². The summed E-state index contributed by atoms with van der Waals surface area (Å²) in [5.41, 5.74) is -1.22. The molecule has 8 nitrogen and oxygen atoms in total. The first kappa shape index (κ1) is 18.8. The van der Waals surface area contributed by atoms with Gasteiger partial charge >= 0.3 is 12.2 Å². The summed E-state index contributed by atoms with van der Waals surface area (Å²) in [4.78, 5) is 25.4. The number of rotatable bonds is 2. The smallest absolute Gasteiger partial charge is 0.425 e. The number of hydrogen-bond acceptors (Lipinski definition) is 7. The van der Waals surface area contributed by atoms with Crippen LogP contribution in [0.3, 0.4) is 0 Å². The van der Waals surface area contributed by atoms with Gasteiger partial charge in [-0.1, -0.05) is 0 Å². The Balaban J connectivity index is 3.19. The van der Waals surface area contributed by atoms with Crippen LogP contribution in [0.25, 0.3) is 0 Å². The largest absolute Gasteiger partial charge is 0.443 e. The molecule has 0 aromatic carbocycles. The van der Waals surface area contributed by atoms with Gasteiger partial charge in [-0.3, -0.25) is 0 Å². The lowest BCUT2D eigenvalue weighted by molar-refractivity contribution is 0.0428. The Morgan fingerprint density at radius 2 is 1.57 bits per heavy atom. The van der Waals surface area contributed by atoms with Gasteiger partial charge in [0.2, 0.25) is 0 Å². The molecule has 2 amide bonds. The zero-order valence-corrected chi connectivity index (χ0v) is 14.3. The third kappa shape index (κ3) is 6.19. The molecule has 0 spiro atoms. The number of ether oxygens (including phenoxy) is 2. The van der Waals surface area contributed by atoms with Gasteiger partial charge in [-0.25, -0.2) is 9.59 Å². The molecule has 0 radical (unpaired) electrons. The van der Waals surface area contributed by atoms with E-state index < -0.39 is 23.4 Å². The van der Waals surface area contributed by atoms with Gasteiger partial charge in [0.15, 0.2) is 5.82 Å². The number of amides is 2. The molecule has 0 saturated heterocycles. The van der Waals surface area contributed by atoms with E-state index in [2.05, 4.69) is 10.2 Å². The second-order valence-electron chi connectivity index (χ2n) is 6.88. The highest BCUT2D eigenvalue weighted by Crippen LogP contribution is 2.20.